The molecule has 59 heavy (non-hydrogen) atoms. The fraction of sp³-hybridized carbons (Fsp3) is 0.962. The molecule has 0 aromatic carbocycles. The predicted molar refractivity (Wildman–Crippen MR) is 255 cm³/mol. The molecule has 0 saturated carbocycles. The Bertz CT molecular complexity index is 821. The third kappa shape index (κ3) is 46.2. The Kier molecular flexibility index (Phi) is 48.6. The first-order chi connectivity index (χ1) is 29.1. The van der Waals surface area contributed by atoms with Crippen LogP contribution in [0.1, 0.15) is 284 Å². The second kappa shape index (κ2) is 49.5. The van der Waals surface area contributed by atoms with Gasteiger partial charge in [0, 0.05) is 19.4 Å². The van der Waals surface area contributed by atoms with Gasteiger partial charge in [0.15, 0.2) is 0 Å². The van der Waals surface area contributed by atoms with Crippen molar-refractivity contribution >= 4 is 11.9 Å². The standard InChI is InChI=1S/C53H105NO5/c1-4-7-10-13-25-32-39-50(40-33-26-14-11-8-5-2)48-58-52(56)43-36-29-24-22-20-18-16-17-19-21-23-28-35-42-51(41-34-27-15-12-9-6-3)49-59-53(57)44-37-30-31-38-45-54-46-47-55/h50-51,54-55H,4-49H2,1-3H3. The zero-order valence-electron chi connectivity index (χ0n) is 40.3. The number of esters is 2. The molecule has 0 amide bonds. The second-order valence-electron chi connectivity index (χ2n) is 18.5. The highest BCUT2D eigenvalue weighted by molar-refractivity contribution is 5.69. The van der Waals surface area contributed by atoms with Crippen LogP contribution in [0.25, 0.3) is 0 Å². The fourth-order valence-electron chi connectivity index (χ4n) is 8.55. The summed E-state index contributed by atoms with van der Waals surface area (Å²) < 4.78 is 11.6. The maximum atomic E-state index is 12.5. The number of carbonyl (C=O) groups excluding carboxylic acids is 2. The van der Waals surface area contributed by atoms with Crippen molar-refractivity contribution in [1.82, 2.24) is 5.32 Å². The number of hydrogen-bond donors (Lipinski definition) is 2. The minimum atomic E-state index is -0.00974. The van der Waals surface area contributed by atoms with Gasteiger partial charge in [0.1, 0.15) is 0 Å². The van der Waals surface area contributed by atoms with Crippen molar-refractivity contribution in [2.75, 3.05) is 32.9 Å². The molecule has 0 aliphatic heterocycles. The summed E-state index contributed by atoms with van der Waals surface area (Å²) in [6.07, 6.45) is 50.8. The summed E-state index contributed by atoms with van der Waals surface area (Å²) >= 11 is 0. The molecule has 0 bridgehead atoms. The average Bonchev–Trinajstić information content (AvgIpc) is 3.24. The van der Waals surface area contributed by atoms with Crippen LogP contribution in [0.5, 0.6) is 0 Å². The lowest BCUT2D eigenvalue weighted by molar-refractivity contribution is -0.146. The molecule has 0 aromatic heterocycles. The largest absolute Gasteiger partial charge is 0.465 e. The second-order valence-corrected chi connectivity index (χ2v) is 18.5. The summed E-state index contributed by atoms with van der Waals surface area (Å²) in [6.45, 7) is 9.89. The van der Waals surface area contributed by atoms with Gasteiger partial charge in [-0.3, -0.25) is 9.59 Å². The van der Waals surface area contributed by atoms with Crippen molar-refractivity contribution < 1.29 is 24.2 Å². The Hall–Kier alpha value is -1.14. The lowest BCUT2D eigenvalue weighted by Crippen LogP contribution is -2.19. The molecule has 0 aromatic rings. The first-order valence-corrected chi connectivity index (χ1v) is 26.7. The molecule has 6 nitrogen and oxygen atoms in total. The molecule has 2 N–H and O–H groups in total. The zero-order chi connectivity index (χ0) is 43.0. The number of carbonyl (C=O) groups is 2. The van der Waals surface area contributed by atoms with E-state index in [9.17, 15) is 9.59 Å². The summed E-state index contributed by atoms with van der Waals surface area (Å²) in [4.78, 5) is 25.0. The van der Waals surface area contributed by atoms with Crippen molar-refractivity contribution in [3.8, 4) is 0 Å². The van der Waals surface area contributed by atoms with Crippen LogP contribution >= 0.6 is 0 Å². The van der Waals surface area contributed by atoms with Gasteiger partial charge in [-0.1, -0.05) is 226 Å². The van der Waals surface area contributed by atoms with Crippen LogP contribution in [-0.4, -0.2) is 50.0 Å². The molecule has 0 spiro atoms. The lowest BCUT2D eigenvalue weighted by Gasteiger charge is -2.17. The van der Waals surface area contributed by atoms with Gasteiger partial charge in [0.2, 0.25) is 0 Å². The number of aliphatic hydroxyl groups is 1. The van der Waals surface area contributed by atoms with Crippen LogP contribution in [0.2, 0.25) is 0 Å². The molecule has 6 heteroatoms. The van der Waals surface area contributed by atoms with E-state index in [4.69, 9.17) is 14.6 Å². The molecule has 352 valence electrons. The number of rotatable bonds is 50. The molecular formula is C53H105NO5. The molecule has 0 aliphatic carbocycles. The normalized spacial score (nSPS) is 12.1. The third-order valence-electron chi connectivity index (χ3n) is 12.6. The van der Waals surface area contributed by atoms with E-state index in [2.05, 4.69) is 26.1 Å². The maximum absolute atomic E-state index is 12.5. The van der Waals surface area contributed by atoms with Crippen LogP contribution < -0.4 is 5.32 Å². The first kappa shape index (κ1) is 57.9. The molecule has 0 saturated heterocycles. The number of aliphatic hydroxyl groups excluding tert-OH is 1. The summed E-state index contributed by atoms with van der Waals surface area (Å²) in [5, 5.41) is 12.1. The molecule has 0 heterocycles. The van der Waals surface area contributed by atoms with Crippen LogP contribution in [0.3, 0.4) is 0 Å². The molecule has 0 radical (unpaired) electrons. The topological polar surface area (TPSA) is 84.9 Å². The van der Waals surface area contributed by atoms with Crippen LogP contribution in [0.4, 0.5) is 0 Å². The van der Waals surface area contributed by atoms with E-state index < -0.39 is 0 Å². The number of hydrogen-bond acceptors (Lipinski definition) is 6. The summed E-state index contributed by atoms with van der Waals surface area (Å²) in [5.74, 6) is 1.10. The van der Waals surface area contributed by atoms with E-state index in [0.29, 0.717) is 44.4 Å². The SMILES string of the molecule is CCCCCCCCC(CCCCCCCC)COC(=O)CCCCCCCCCCCCCCCC(CCCCCCCC)COC(=O)CCCCCCNCCO. The van der Waals surface area contributed by atoms with Crippen molar-refractivity contribution in [2.24, 2.45) is 11.8 Å². The van der Waals surface area contributed by atoms with Crippen molar-refractivity contribution in [3.05, 3.63) is 0 Å². The van der Waals surface area contributed by atoms with Crippen LogP contribution in [0, 0.1) is 11.8 Å². The minimum absolute atomic E-state index is 0.00974. The van der Waals surface area contributed by atoms with E-state index in [0.717, 1.165) is 45.1 Å². The van der Waals surface area contributed by atoms with Crippen molar-refractivity contribution in [3.63, 3.8) is 0 Å². The smallest absolute Gasteiger partial charge is 0.305 e. The van der Waals surface area contributed by atoms with E-state index in [1.54, 1.807) is 0 Å². The zero-order valence-corrected chi connectivity index (χ0v) is 40.3. The predicted octanol–water partition coefficient (Wildman–Crippen LogP) is 15.9. The first-order valence-electron chi connectivity index (χ1n) is 26.7. The van der Waals surface area contributed by atoms with Gasteiger partial charge in [0.25, 0.3) is 0 Å². The van der Waals surface area contributed by atoms with E-state index >= 15 is 0 Å². The average molecular weight is 836 g/mol. The highest BCUT2D eigenvalue weighted by atomic mass is 16.5. The van der Waals surface area contributed by atoms with Crippen molar-refractivity contribution in [2.45, 2.75) is 284 Å². The van der Waals surface area contributed by atoms with Crippen LogP contribution in [0.15, 0.2) is 0 Å². The van der Waals surface area contributed by atoms with Crippen molar-refractivity contribution in [1.29, 1.82) is 0 Å². The lowest BCUT2D eigenvalue weighted by atomic mass is 9.94. The number of ether oxygens (including phenoxy) is 2. The quantitative estimate of drug-likeness (QED) is 0.0469. The molecule has 1 unspecified atom stereocenters. The summed E-state index contributed by atoms with van der Waals surface area (Å²) in [5.41, 5.74) is 0. The van der Waals surface area contributed by atoms with E-state index in [1.807, 2.05) is 0 Å². The third-order valence-corrected chi connectivity index (χ3v) is 12.6. The van der Waals surface area contributed by atoms with E-state index in [-0.39, 0.29) is 18.5 Å². The highest BCUT2D eigenvalue weighted by Crippen LogP contribution is 2.22. The minimum Gasteiger partial charge on any atom is -0.465 e. The van der Waals surface area contributed by atoms with E-state index in [1.165, 1.54) is 212 Å². The maximum Gasteiger partial charge on any atom is 0.305 e. The molecule has 0 rings (SSSR count). The number of unbranched alkanes of at least 4 members (excludes halogenated alkanes) is 30. The van der Waals surface area contributed by atoms with Gasteiger partial charge in [-0.15, -0.1) is 0 Å². The molecule has 0 fully saturated rings. The Balaban J connectivity index is 3.98. The van der Waals surface area contributed by atoms with Crippen LogP contribution in [-0.2, 0) is 19.1 Å². The Morgan fingerprint density at radius 2 is 0.644 bits per heavy atom. The van der Waals surface area contributed by atoms with Gasteiger partial charge in [-0.05, 0) is 63.3 Å². The van der Waals surface area contributed by atoms with Gasteiger partial charge in [-0.2, -0.15) is 0 Å². The molecule has 1 atom stereocenters. The fourth-order valence-corrected chi connectivity index (χ4v) is 8.55. The van der Waals surface area contributed by atoms with Gasteiger partial charge < -0.3 is 19.9 Å². The Morgan fingerprint density at radius 1 is 0.373 bits per heavy atom. The number of nitrogens with one attached hydrogen (secondary N) is 1. The van der Waals surface area contributed by atoms with Gasteiger partial charge in [0.05, 0.1) is 19.8 Å². The Labute approximate surface area is 369 Å². The Morgan fingerprint density at radius 3 is 0.949 bits per heavy atom. The highest BCUT2D eigenvalue weighted by Gasteiger charge is 2.14. The van der Waals surface area contributed by atoms with Gasteiger partial charge in [-0.25, -0.2) is 0 Å². The van der Waals surface area contributed by atoms with Gasteiger partial charge >= 0.3 is 11.9 Å². The monoisotopic (exact) mass is 836 g/mol. The summed E-state index contributed by atoms with van der Waals surface area (Å²) in [7, 11) is 0. The summed E-state index contributed by atoms with van der Waals surface area (Å²) in [6, 6.07) is 0. The molecule has 0 aliphatic rings. The molecular weight excluding hydrogens is 731 g/mol.